The van der Waals surface area contributed by atoms with Gasteiger partial charge in [0.25, 0.3) is 5.88 Å². The van der Waals surface area contributed by atoms with E-state index in [1.165, 1.54) is 17.3 Å². The summed E-state index contributed by atoms with van der Waals surface area (Å²) in [7, 11) is 0. The van der Waals surface area contributed by atoms with E-state index in [-0.39, 0.29) is 11.6 Å². The number of aromatic hydroxyl groups is 1. The summed E-state index contributed by atoms with van der Waals surface area (Å²) in [6.07, 6.45) is 5.87. The average Bonchev–Trinajstić information content (AvgIpc) is 2.54. The average molecular weight is 298 g/mol. The summed E-state index contributed by atoms with van der Waals surface area (Å²) in [6, 6.07) is 8.24. The van der Waals surface area contributed by atoms with Gasteiger partial charge in [0, 0.05) is 0 Å². The fraction of sp³-hybridized carbons (Fsp3) is 0.333. The molecule has 0 spiro atoms. The molecule has 0 bridgehead atoms. The third-order valence-corrected chi connectivity index (χ3v) is 3.38. The molecule has 0 unspecified atom stereocenters. The van der Waals surface area contributed by atoms with Crippen LogP contribution in [0.25, 0.3) is 5.57 Å². The van der Waals surface area contributed by atoms with Gasteiger partial charge in [-0.25, -0.2) is 4.98 Å². The van der Waals surface area contributed by atoms with Gasteiger partial charge in [-0.05, 0) is 37.0 Å². The van der Waals surface area contributed by atoms with E-state index in [0.29, 0.717) is 12.4 Å². The summed E-state index contributed by atoms with van der Waals surface area (Å²) < 4.78 is 5.55. The van der Waals surface area contributed by atoms with Gasteiger partial charge in [-0.2, -0.15) is 4.98 Å². The molecule has 0 aliphatic rings. The number of rotatable bonds is 6. The van der Waals surface area contributed by atoms with Crippen LogP contribution in [0, 0.1) is 6.92 Å². The number of nitrogens with zero attached hydrogens (tertiary/aromatic N) is 2. The standard InChI is InChI=1S/C18H22N2O2/c1-4-5-6-13(2)16-9-7-15(8-10-16)12-22-18-17(21)11-19-14(3)20-18/h6-11,21H,4-5,12H2,1-3H3. The Kier molecular flexibility index (Phi) is 5.53. The van der Waals surface area contributed by atoms with Crippen LogP contribution in [-0.2, 0) is 6.61 Å². The maximum atomic E-state index is 9.65. The SMILES string of the molecule is CCCC=C(C)c1ccc(COc2nc(C)ncc2O)cc1. The van der Waals surface area contributed by atoms with Crippen molar-refractivity contribution in [1.82, 2.24) is 9.97 Å². The van der Waals surface area contributed by atoms with Gasteiger partial charge in [0.15, 0.2) is 5.75 Å². The molecule has 0 aliphatic carbocycles. The Morgan fingerprint density at radius 2 is 2.00 bits per heavy atom. The van der Waals surface area contributed by atoms with Gasteiger partial charge in [-0.3, -0.25) is 0 Å². The molecule has 2 rings (SSSR count). The molecular formula is C18H22N2O2. The number of aromatic nitrogens is 2. The molecule has 1 aromatic heterocycles. The van der Waals surface area contributed by atoms with Crippen LogP contribution in [0.3, 0.4) is 0 Å². The molecule has 0 aliphatic heterocycles. The molecular weight excluding hydrogens is 276 g/mol. The summed E-state index contributed by atoms with van der Waals surface area (Å²) in [5.74, 6) is 0.746. The largest absolute Gasteiger partial charge is 0.502 e. The van der Waals surface area contributed by atoms with Gasteiger partial charge >= 0.3 is 0 Å². The predicted octanol–water partition coefficient (Wildman–Crippen LogP) is 4.27. The van der Waals surface area contributed by atoms with Crippen molar-refractivity contribution in [3.05, 3.63) is 53.5 Å². The maximum Gasteiger partial charge on any atom is 0.260 e. The summed E-state index contributed by atoms with van der Waals surface area (Å²) in [5, 5.41) is 9.65. The van der Waals surface area contributed by atoms with Gasteiger partial charge in [0.1, 0.15) is 12.4 Å². The summed E-state index contributed by atoms with van der Waals surface area (Å²) in [6.45, 7) is 6.42. The third-order valence-electron chi connectivity index (χ3n) is 3.38. The molecule has 0 saturated carbocycles. The highest BCUT2D eigenvalue weighted by Crippen LogP contribution is 2.23. The van der Waals surface area contributed by atoms with E-state index < -0.39 is 0 Å². The monoisotopic (exact) mass is 298 g/mol. The summed E-state index contributed by atoms with van der Waals surface area (Å²) in [5.41, 5.74) is 3.54. The lowest BCUT2D eigenvalue weighted by molar-refractivity contribution is 0.274. The van der Waals surface area contributed by atoms with Crippen molar-refractivity contribution in [2.75, 3.05) is 0 Å². The van der Waals surface area contributed by atoms with E-state index in [1.54, 1.807) is 6.92 Å². The van der Waals surface area contributed by atoms with Gasteiger partial charge in [-0.15, -0.1) is 0 Å². The number of benzene rings is 1. The first-order valence-electron chi connectivity index (χ1n) is 7.51. The van der Waals surface area contributed by atoms with E-state index >= 15 is 0 Å². The maximum absolute atomic E-state index is 9.65. The van der Waals surface area contributed by atoms with Crippen molar-refractivity contribution in [2.24, 2.45) is 0 Å². The second-order valence-corrected chi connectivity index (χ2v) is 5.27. The number of ether oxygens (including phenoxy) is 1. The first-order valence-corrected chi connectivity index (χ1v) is 7.51. The predicted molar refractivity (Wildman–Crippen MR) is 87.8 cm³/mol. The highest BCUT2D eigenvalue weighted by atomic mass is 16.5. The zero-order chi connectivity index (χ0) is 15.9. The molecule has 4 nitrogen and oxygen atoms in total. The highest BCUT2D eigenvalue weighted by molar-refractivity contribution is 5.63. The molecule has 0 fully saturated rings. The third kappa shape index (κ3) is 4.32. The molecule has 0 atom stereocenters. The smallest absolute Gasteiger partial charge is 0.260 e. The van der Waals surface area contributed by atoms with E-state index in [1.807, 2.05) is 12.1 Å². The first kappa shape index (κ1) is 16.0. The molecule has 1 N–H and O–H groups in total. The lowest BCUT2D eigenvalue weighted by Gasteiger charge is -2.08. The molecule has 1 heterocycles. The Bertz CT molecular complexity index is 649. The van der Waals surface area contributed by atoms with Crippen LogP contribution in [0.5, 0.6) is 11.6 Å². The zero-order valence-corrected chi connectivity index (χ0v) is 13.3. The topological polar surface area (TPSA) is 55.2 Å². The lowest BCUT2D eigenvalue weighted by atomic mass is 10.0. The van der Waals surface area contributed by atoms with Crippen LogP contribution in [0.15, 0.2) is 36.5 Å². The molecule has 2 aromatic rings. The Morgan fingerprint density at radius 1 is 1.27 bits per heavy atom. The minimum atomic E-state index is -0.0411. The van der Waals surface area contributed by atoms with Gasteiger partial charge in [0.2, 0.25) is 0 Å². The van der Waals surface area contributed by atoms with Gasteiger partial charge < -0.3 is 9.84 Å². The number of unbranched alkanes of at least 4 members (excludes halogenated alkanes) is 1. The van der Waals surface area contributed by atoms with Crippen LogP contribution in [-0.4, -0.2) is 15.1 Å². The Hall–Kier alpha value is -2.36. The minimum Gasteiger partial charge on any atom is -0.502 e. The van der Waals surface area contributed by atoms with E-state index in [9.17, 15) is 5.11 Å². The van der Waals surface area contributed by atoms with Crippen molar-refractivity contribution in [2.45, 2.75) is 40.2 Å². The number of hydrogen-bond donors (Lipinski definition) is 1. The summed E-state index contributed by atoms with van der Waals surface area (Å²) >= 11 is 0. The van der Waals surface area contributed by atoms with Crippen molar-refractivity contribution in [1.29, 1.82) is 0 Å². The number of hydrogen-bond acceptors (Lipinski definition) is 4. The number of allylic oxidation sites excluding steroid dienone is 2. The second kappa shape index (κ2) is 7.59. The van der Waals surface area contributed by atoms with Crippen LogP contribution in [0.2, 0.25) is 0 Å². The Morgan fingerprint density at radius 3 is 2.68 bits per heavy atom. The molecule has 0 amide bonds. The zero-order valence-electron chi connectivity index (χ0n) is 13.3. The molecule has 1 aromatic carbocycles. The Labute approximate surface area is 131 Å². The number of aryl methyl sites for hydroxylation is 1. The van der Waals surface area contributed by atoms with Gasteiger partial charge in [-0.1, -0.05) is 43.7 Å². The highest BCUT2D eigenvalue weighted by Gasteiger charge is 2.06. The molecule has 22 heavy (non-hydrogen) atoms. The van der Waals surface area contributed by atoms with Crippen molar-refractivity contribution in [3.8, 4) is 11.6 Å². The van der Waals surface area contributed by atoms with E-state index in [0.717, 1.165) is 18.4 Å². The van der Waals surface area contributed by atoms with Crippen molar-refractivity contribution >= 4 is 5.57 Å². The molecule has 0 radical (unpaired) electrons. The van der Waals surface area contributed by atoms with Crippen molar-refractivity contribution in [3.63, 3.8) is 0 Å². The van der Waals surface area contributed by atoms with Crippen LogP contribution >= 0.6 is 0 Å². The Balaban J connectivity index is 2.01. The summed E-state index contributed by atoms with van der Waals surface area (Å²) in [4.78, 5) is 7.98. The lowest BCUT2D eigenvalue weighted by Crippen LogP contribution is -1.99. The van der Waals surface area contributed by atoms with E-state index in [2.05, 4.69) is 42.0 Å². The first-order chi connectivity index (χ1) is 10.6. The van der Waals surface area contributed by atoms with Gasteiger partial charge in [0.05, 0.1) is 6.20 Å². The molecule has 4 heteroatoms. The van der Waals surface area contributed by atoms with Crippen LogP contribution < -0.4 is 4.74 Å². The van der Waals surface area contributed by atoms with Crippen LogP contribution in [0.1, 0.15) is 43.6 Å². The molecule has 116 valence electrons. The minimum absolute atomic E-state index is 0.0411. The fourth-order valence-electron chi connectivity index (χ4n) is 2.04. The quantitative estimate of drug-likeness (QED) is 0.865. The second-order valence-electron chi connectivity index (χ2n) is 5.27. The molecule has 0 saturated heterocycles. The fourth-order valence-corrected chi connectivity index (χ4v) is 2.04. The van der Waals surface area contributed by atoms with Crippen molar-refractivity contribution < 1.29 is 9.84 Å². The van der Waals surface area contributed by atoms with E-state index in [4.69, 9.17) is 4.74 Å². The normalized spacial score (nSPS) is 11.5. The van der Waals surface area contributed by atoms with Crippen LogP contribution in [0.4, 0.5) is 0 Å².